The number of carbonyl (C=O) groups is 3. The smallest absolute Gasteiger partial charge is 0.251 e. The molecule has 0 saturated carbocycles. The highest BCUT2D eigenvalue weighted by Crippen LogP contribution is 2.29. The molecule has 0 aromatic heterocycles. The van der Waals surface area contributed by atoms with Crippen molar-refractivity contribution in [3.8, 4) is 0 Å². The molecule has 0 radical (unpaired) electrons. The number of nitrogens with zero attached hydrogens (tertiary/aromatic N) is 1. The van der Waals surface area contributed by atoms with Crippen LogP contribution in [0.5, 0.6) is 0 Å². The van der Waals surface area contributed by atoms with Crippen LogP contribution in [0, 0.1) is 0 Å². The third-order valence-corrected chi connectivity index (χ3v) is 4.33. The molecule has 0 saturated heterocycles. The Morgan fingerprint density at radius 3 is 2.60 bits per heavy atom. The van der Waals surface area contributed by atoms with Gasteiger partial charge in [-0.3, -0.25) is 14.4 Å². The van der Waals surface area contributed by atoms with Gasteiger partial charge in [0.1, 0.15) is 6.54 Å². The Morgan fingerprint density at radius 2 is 1.84 bits per heavy atom. The van der Waals surface area contributed by atoms with Crippen molar-refractivity contribution in [3.05, 3.63) is 58.6 Å². The molecule has 6 nitrogen and oxygen atoms in total. The highest BCUT2D eigenvalue weighted by molar-refractivity contribution is 9.10. The van der Waals surface area contributed by atoms with Crippen LogP contribution in [-0.2, 0) is 9.59 Å². The molecule has 1 aliphatic rings. The maximum Gasteiger partial charge on any atom is 0.251 e. The quantitative estimate of drug-likeness (QED) is 0.825. The van der Waals surface area contributed by atoms with E-state index in [0.717, 1.165) is 4.47 Å². The van der Waals surface area contributed by atoms with E-state index in [-0.39, 0.29) is 37.2 Å². The number of hydrogen-bond acceptors (Lipinski definition) is 3. The molecule has 3 rings (SSSR count). The minimum Gasteiger partial charge on any atom is -0.352 e. The average molecular weight is 402 g/mol. The largest absolute Gasteiger partial charge is 0.352 e. The maximum atomic E-state index is 12.5. The second-order valence-electron chi connectivity index (χ2n) is 5.56. The molecule has 0 fully saturated rings. The first-order chi connectivity index (χ1) is 12.0. The fraction of sp³-hybridized carbons (Fsp3) is 0.167. The van der Waals surface area contributed by atoms with E-state index in [0.29, 0.717) is 16.9 Å². The number of carbonyl (C=O) groups excluding carboxylic acids is 3. The van der Waals surface area contributed by atoms with Crippen molar-refractivity contribution in [1.29, 1.82) is 0 Å². The molecular formula is C18H16BrN3O3. The van der Waals surface area contributed by atoms with Crippen molar-refractivity contribution in [2.45, 2.75) is 6.42 Å². The van der Waals surface area contributed by atoms with Crippen molar-refractivity contribution in [1.82, 2.24) is 5.32 Å². The van der Waals surface area contributed by atoms with Crippen molar-refractivity contribution in [2.24, 2.45) is 0 Å². The van der Waals surface area contributed by atoms with Crippen molar-refractivity contribution < 1.29 is 14.4 Å². The van der Waals surface area contributed by atoms with Crippen LogP contribution < -0.4 is 15.5 Å². The van der Waals surface area contributed by atoms with Gasteiger partial charge in [-0.05, 0) is 36.4 Å². The van der Waals surface area contributed by atoms with Gasteiger partial charge < -0.3 is 15.5 Å². The van der Waals surface area contributed by atoms with Crippen LogP contribution in [0.1, 0.15) is 16.8 Å². The summed E-state index contributed by atoms with van der Waals surface area (Å²) in [5.74, 6) is -0.679. The monoisotopic (exact) mass is 401 g/mol. The Morgan fingerprint density at radius 1 is 1.12 bits per heavy atom. The molecule has 1 heterocycles. The number of nitrogens with one attached hydrogen (secondary N) is 2. The standard InChI is InChI=1S/C18H16BrN3O3/c19-13-7-5-12(6-8-13)18(25)20-10-9-17(24)22-11-16(23)21-14-3-1-2-4-15(14)22/h1-8H,9-11H2,(H,20,25)(H,21,23). The van der Waals surface area contributed by atoms with E-state index < -0.39 is 0 Å². The van der Waals surface area contributed by atoms with Gasteiger partial charge in [0.2, 0.25) is 11.8 Å². The molecular weight excluding hydrogens is 386 g/mol. The molecule has 0 unspecified atom stereocenters. The van der Waals surface area contributed by atoms with Gasteiger partial charge in [-0.1, -0.05) is 28.1 Å². The molecule has 2 N–H and O–H groups in total. The first-order valence-electron chi connectivity index (χ1n) is 7.77. The van der Waals surface area contributed by atoms with Gasteiger partial charge in [0.25, 0.3) is 5.91 Å². The number of hydrogen-bond donors (Lipinski definition) is 2. The van der Waals surface area contributed by atoms with Crippen molar-refractivity contribution >= 4 is 45.0 Å². The summed E-state index contributed by atoms with van der Waals surface area (Å²) in [6, 6.07) is 14.1. The van der Waals surface area contributed by atoms with Gasteiger partial charge in [-0.2, -0.15) is 0 Å². The van der Waals surface area contributed by atoms with Crippen LogP contribution >= 0.6 is 15.9 Å². The van der Waals surface area contributed by atoms with E-state index >= 15 is 0 Å². The summed E-state index contributed by atoms with van der Waals surface area (Å²) >= 11 is 3.31. The van der Waals surface area contributed by atoms with Crippen LogP contribution in [0.3, 0.4) is 0 Å². The molecule has 2 aromatic carbocycles. The second-order valence-corrected chi connectivity index (χ2v) is 6.47. The van der Waals surface area contributed by atoms with Crippen LogP contribution in [0.2, 0.25) is 0 Å². The topological polar surface area (TPSA) is 78.5 Å². The number of para-hydroxylation sites is 2. The van der Waals surface area contributed by atoms with E-state index in [9.17, 15) is 14.4 Å². The summed E-state index contributed by atoms with van der Waals surface area (Å²) in [7, 11) is 0. The fourth-order valence-electron chi connectivity index (χ4n) is 2.58. The normalized spacial score (nSPS) is 13.0. The Kier molecular flexibility index (Phi) is 5.14. The molecule has 0 spiro atoms. The fourth-order valence-corrected chi connectivity index (χ4v) is 2.84. The van der Waals surface area contributed by atoms with Gasteiger partial charge in [-0.15, -0.1) is 0 Å². The number of halogens is 1. The minimum absolute atomic E-state index is 0.0174. The highest BCUT2D eigenvalue weighted by atomic mass is 79.9. The Bertz CT molecular complexity index is 821. The lowest BCUT2D eigenvalue weighted by molar-refractivity contribution is -0.121. The summed E-state index contributed by atoms with van der Waals surface area (Å²) in [6.45, 7) is 0.185. The summed E-state index contributed by atoms with van der Waals surface area (Å²) in [5.41, 5.74) is 1.82. The van der Waals surface area contributed by atoms with Crippen LogP contribution in [0.15, 0.2) is 53.0 Å². The molecule has 3 amide bonds. The average Bonchev–Trinajstić information content (AvgIpc) is 2.61. The predicted octanol–water partition coefficient (Wildman–Crippen LogP) is 2.55. The highest BCUT2D eigenvalue weighted by Gasteiger charge is 2.26. The number of anilines is 2. The summed E-state index contributed by atoms with van der Waals surface area (Å²) < 4.78 is 0.890. The van der Waals surface area contributed by atoms with Crippen LogP contribution in [0.25, 0.3) is 0 Å². The Balaban J connectivity index is 1.59. The number of fused-ring (bicyclic) bond motifs is 1. The van der Waals surface area contributed by atoms with Crippen LogP contribution in [-0.4, -0.2) is 30.8 Å². The molecule has 7 heteroatoms. The van der Waals surface area contributed by atoms with Crippen molar-refractivity contribution in [3.63, 3.8) is 0 Å². The van der Waals surface area contributed by atoms with Gasteiger partial charge in [0.15, 0.2) is 0 Å². The van der Waals surface area contributed by atoms with E-state index in [4.69, 9.17) is 0 Å². The number of amides is 3. The molecule has 25 heavy (non-hydrogen) atoms. The van der Waals surface area contributed by atoms with Gasteiger partial charge in [-0.25, -0.2) is 0 Å². The first-order valence-corrected chi connectivity index (χ1v) is 8.57. The maximum absolute atomic E-state index is 12.5. The zero-order valence-corrected chi connectivity index (χ0v) is 14.9. The third kappa shape index (κ3) is 4.06. The van der Waals surface area contributed by atoms with Crippen molar-refractivity contribution in [2.75, 3.05) is 23.3 Å². The van der Waals surface area contributed by atoms with E-state index in [2.05, 4.69) is 26.6 Å². The molecule has 0 atom stereocenters. The van der Waals surface area contributed by atoms with Crippen LogP contribution in [0.4, 0.5) is 11.4 Å². The summed E-state index contributed by atoms with van der Waals surface area (Å²) in [6.07, 6.45) is 0.115. The lowest BCUT2D eigenvalue weighted by Crippen LogP contribution is -2.43. The molecule has 2 aromatic rings. The summed E-state index contributed by atoms with van der Waals surface area (Å²) in [4.78, 5) is 37.7. The Labute approximate surface area is 153 Å². The zero-order valence-electron chi connectivity index (χ0n) is 13.3. The summed E-state index contributed by atoms with van der Waals surface area (Å²) in [5, 5.41) is 5.46. The lowest BCUT2D eigenvalue weighted by Gasteiger charge is -2.29. The number of benzene rings is 2. The molecule has 1 aliphatic heterocycles. The van der Waals surface area contributed by atoms with E-state index in [1.165, 1.54) is 4.90 Å². The Hall–Kier alpha value is -2.67. The SMILES string of the molecule is O=C1CN(C(=O)CCNC(=O)c2ccc(Br)cc2)c2ccccc2N1. The van der Waals surface area contributed by atoms with Gasteiger partial charge >= 0.3 is 0 Å². The van der Waals surface area contributed by atoms with Gasteiger partial charge in [0, 0.05) is 23.0 Å². The second kappa shape index (κ2) is 7.48. The number of rotatable bonds is 4. The van der Waals surface area contributed by atoms with Gasteiger partial charge in [0.05, 0.1) is 11.4 Å². The first kappa shape index (κ1) is 17.2. The molecule has 0 aliphatic carbocycles. The third-order valence-electron chi connectivity index (χ3n) is 3.80. The zero-order chi connectivity index (χ0) is 17.8. The molecule has 0 bridgehead atoms. The predicted molar refractivity (Wildman–Crippen MR) is 98.5 cm³/mol. The lowest BCUT2D eigenvalue weighted by atomic mass is 10.1. The van der Waals surface area contributed by atoms with E-state index in [1.54, 1.807) is 42.5 Å². The minimum atomic E-state index is -0.239. The molecule has 128 valence electrons. The van der Waals surface area contributed by atoms with E-state index in [1.807, 2.05) is 6.07 Å².